The molecule has 0 aliphatic carbocycles. The first-order chi connectivity index (χ1) is 9.06. The second kappa shape index (κ2) is 5.99. The van der Waals surface area contributed by atoms with Gasteiger partial charge in [0.25, 0.3) is 5.91 Å². The van der Waals surface area contributed by atoms with E-state index in [0.29, 0.717) is 18.3 Å². The van der Waals surface area contributed by atoms with Gasteiger partial charge in [0.1, 0.15) is 11.4 Å². The number of pyridine rings is 1. The van der Waals surface area contributed by atoms with Gasteiger partial charge in [-0.25, -0.2) is 4.98 Å². The summed E-state index contributed by atoms with van der Waals surface area (Å²) >= 11 is 0. The van der Waals surface area contributed by atoms with Crippen LogP contribution in [0, 0.1) is 0 Å². The van der Waals surface area contributed by atoms with Crippen LogP contribution in [0.4, 0.5) is 0 Å². The largest absolute Gasteiger partial charge is 0.506 e. The molecule has 0 spiro atoms. The van der Waals surface area contributed by atoms with E-state index in [1.54, 1.807) is 0 Å². The summed E-state index contributed by atoms with van der Waals surface area (Å²) in [5.74, 6) is -0.146. The summed E-state index contributed by atoms with van der Waals surface area (Å²) in [7, 11) is 4.16. The summed E-state index contributed by atoms with van der Waals surface area (Å²) in [6, 6.07) is 3.30. The number of aromatic nitrogens is 1. The highest BCUT2D eigenvalue weighted by Crippen LogP contribution is 2.07. The third-order valence-corrected chi connectivity index (χ3v) is 3.46. The zero-order valence-corrected chi connectivity index (χ0v) is 11.3. The quantitative estimate of drug-likeness (QED) is 0.789. The van der Waals surface area contributed by atoms with Crippen molar-refractivity contribution in [1.29, 1.82) is 0 Å². The normalized spacial score (nSPS) is 21.3. The Balaban J connectivity index is 1.87. The van der Waals surface area contributed by atoms with Crippen LogP contribution >= 0.6 is 0 Å². The monoisotopic (exact) mass is 264 g/mol. The van der Waals surface area contributed by atoms with Gasteiger partial charge in [0.2, 0.25) is 0 Å². The molecule has 2 rings (SSSR count). The molecule has 1 aliphatic heterocycles. The molecule has 1 aliphatic rings. The van der Waals surface area contributed by atoms with Crippen LogP contribution in [0.5, 0.6) is 5.75 Å². The summed E-state index contributed by atoms with van der Waals surface area (Å²) < 4.78 is 0. The molecule has 1 aromatic rings. The lowest BCUT2D eigenvalue weighted by molar-refractivity contribution is 0.0877. The molecule has 2 heterocycles. The second-order valence-electron chi connectivity index (χ2n) is 5.01. The van der Waals surface area contributed by atoms with E-state index in [1.807, 2.05) is 0 Å². The highest BCUT2D eigenvalue weighted by Gasteiger charge is 2.22. The van der Waals surface area contributed by atoms with Crippen molar-refractivity contribution in [3.63, 3.8) is 0 Å². The Morgan fingerprint density at radius 3 is 2.95 bits per heavy atom. The van der Waals surface area contributed by atoms with Gasteiger partial charge in [-0.3, -0.25) is 9.69 Å². The molecular weight excluding hydrogens is 244 g/mol. The SMILES string of the molecule is CN1CCN(C)C(CNC(=O)c2ccc(O)cn2)C1. The van der Waals surface area contributed by atoms with Crippen LogP contribution in [0.3, 0.4) is 0 Å². The highest BCUT2D eigenvalue weighted by atomic mass is 16.3. The number of hydrogen-bond acceptors (Lipinski definition) is 5. The smallest absolute Gasteiger partial charge is 0.269 e. The maximum Gasteiger partial charge on any atom is 0.269 e. The molecule has 1 amide bonds. The first-order valence-electron chi connectivity index (χ1n) is 6.38. The fourth-order valence-electron chi connectivity index (χ4n) is 2.14. The van der Waals surface area contributed by atoms with Gasteiger partial charge in [0.05, 0.1) is 6.20 Å². The van der Waals surface area contributed by atoms with Gasteiger partial charge in [-0.15, -0.1) is 0 Å². The van der Waals surface area contributed by atoms with Crippen molar-refractivity contribution < 1.29 is 9.90 Å². The van der Waals surface area contributed by atoms with Crippen molar-refractivity contribution >= 4 is 5.91 Å². The van der Waals surface area contributed by atoms with E-state index in [9.17, 15) is 4.79 Å². The number of likely N-dealkylation sites (N-methyl/N-ethyl adjacent to an activating group) is 2. The molecule has 6 nitrogen and oxygen atoms in total. The van der Waals surface area contributed by atoms with Crippen molar-refractivity contribution in [3.8, 4) is 5.75 Å². The first kappa shape index (κ1) is 13.8. The molecular formula is C13H20N4O2. The van der Waals surface area contributed by atoms with E-state index in [1.165, 1.54) is 18.3 Å². The predicted molar refractivity (Wildman–Crippen MR) is 72.2 cm³/mol. The highest BCUT2D eigenvalue weighted by molar-refractivity contribution is 5.92. The van der Waals surface area contributed by atoms with E-state index in [-0.39, 0.29) is 11.7 Å². The molecule has 6 heteroatoms. The number of nitrogens with one attached hydrogen (secondary N) is 1. The fraction of sp³-hybridized carbons (Fsp3) is 0.538. The van der Waals surface area contributed by atoms with E-state index < -0.39 is 0 Å². The average Bonchev–Trinajstić information content (AvgIpc) is 2.40. The fourth-order valence-corrected chi connectivity index (χ4v) is 2.14. The number of rotatable bonds is 3. The van der Waals surface area contributed by atoms with Gasteiger partial charge < -0.3 is 15.3 Å². The standard InChI is InChI=1S/C13H20N4O2/c1-16-5-6-17(2)10(9-16)7-15-13(19)12-4-3-11(18)8-14-12/h3-4,8,10,18H,5-7,9H2,1-2H3,(H,15,19). The van der Waals surface area contributed by atoms with Gasteiger partial charge in [-0.1, -0.05) is 0 Å². The predicted octanol–water partition coefficient (Wildman–Crippen LogP) is -0.237. The van der Waals surface area contributed by atoms with E-state index >= 15 is 0 Å². The molecule has 1 aromatic heterocycles. The lowest BCUT2D eigenvalue weighted by atomic mass is 10.2. The van der Waals surface area contributed by atoms with E-state index in [4.69, 9.17) is 5.11 Å². The topological polar surface area (TPSA) is 68.7 Å². The third kappa shape index (κ3) is 3.65. The van der Waals surface area contributed by atoms with Crippen LogP contribution in [-0.4, -0.2) is 72.1 Å². The van der Waals surface area contributed by atoms with Crippen molar-refractivity contribution in [1.82, 2.24) is 20.1 Å². The number of nitrogens with zero attached hydrogens (tertiary/aromatic N) is 3. The Labute approximate surface area is 113 Å². The molecule has 1 saturated heterocycles. The molecule has 1 unspecified atom stereocenters. The lowest BCUT2D eigenvalue weighted by Crippen LogP contribution is -2.54. The number of piperazine rings is 1. The Hall–Kier alpha value is -1.66. The number of carbonyl (C=O) groups excluding carboxylic acids is 1. The molecule has 104 valence electrons. The molecule has 0 saturated carbocycles. The minimum atomic E-state index is -0.207. The lowest BCUT2D eigenvalue weighted by Gasteiger charge is -2.37. The Bertz CT molecular complexity index is 435. The summed E-state index contributed by atoms with van der Waals surface area (Å²) in [5, 5.41) is 12.0. The molecule has 0 aromatic carbocycles. The molecule has 1 atom stereocenters. The molecule has 2 N–H and O–H groups in total. The van der Waals surface area contributed by atoms with E-state index in [0.717, 1.165) is 19.6 Å². The summed E-state index contributed by atoms with van der Waals surface area (Å²) in [5.41, 5.74) is 0.324. The zero-order valence-electron chi connectivity index (χ0n) is 11.3. The minimum absolute atomic E-state index is 0.0604. The molecule has 1 fully saturated rings. The number of aromatic hydroxyl groups is 1. The first-order valence-corrected chi connectivity index (χ1v) is 6.38. The number of amides is 1. The van der Waals surface area contributed by atoms with Gasteiger partial charge in [-0.05, 0) is 26.2 Å². The summed E-state index contributed by atoms with van der Waals surface area (Å²) in [6.07, 6.45) is 1.27. The van der Waals surface area contributed by atoms with Crippen LogP contribution in [0.15, 0.2) is 18.3 Å². The van der Waals surface area contributed by atoms with Crippen LogP contribution < -0.4 is 5.32 Å². The molecule has 0 radical (unpaired) electrons. The van der Waals surface area contributed by atoms with Crippen LogP contribution in [0.1, 0.15) is 10.5 Å². The summed E-state index contributed by atoms with van der Waals surface area (Å²) in [6.45, 7) is 3.61. The number of carbonyl (C=O) groups is 1. The maximum atomic E-state index is 11.9. The maximum absolute atomic E-state index is 11.9. The van der Waals surface area contributed by atoms with Crippen molar-refractivity contribution in [2.45, 2.75) is 6.04 Å². The zero-order chi connectivity index (χ0) is 13.8. The van der Waals surface area contributed by atoms with Crippen molar-refractivity contribution in [2.75, 3.05) is 40.3 Å². The summed E-state index contributed by atoms with van der Waals surface area (Å²) in [4.78, 5) is 20.3. The molecule has 19 heavy (non-hydrogen) atoms. The Morgan fingerprint density at radius 2 is 2.26 bits per heavy atom. The second-order valence-corrected chi connectivity index (χ2v) is 5.01. The van der Waals surface area contributed by atoms with Gasteiger partial charge in [-0.2, -0.15) is 0 Å². The van der Waals surface area contributed by atoms with Crippen LogP contribution in [0.25, 0.3) is 0 Å². The number of hydrogen-bond donors (Lipinski definition) is 2. The Kier molecular flexibility index (Phi) is 4.34. The van der Waals surface area contributed by atoms with Crippen molar-refractivity contribution in [3.05, 3.63) is 24.0 Å². The van der Waals surface area contributed by atoms with Gasteiger partial charge >= 0.3 is 0 Å². The van der Waals surface area contributed by atoms with Gasteiger partial charge in [0.15, 0.2) is 0 Å². The Morgan fingerprint density at radius 1 is 1.47 bits per heavy atom. The van der Waals surface area contributed by atoms with Gasteiger partial charge in [0, 0.05) is 32.2 Å². The van der Waals surface area contributed by atoms with Crippen LogP contribution in [-0.2, 0) is 0 Å². The average molecular weight is 264 g/mol. The van der Waals surface area contributed by atoms with Crippen LogP contribution in [0.2, 0.25) is 0 Å². The minimum Gasteiger partial charge on any atom is -0.506 e. The molecule has 0 bridgehead atoms. The third-order valence-electron chi connectivity index (χ3n) is 3.46. The van der Waals surface area contributed by atoms with E-state index in [2.05, 4.69) is 34.2 Å². The van der Waals surface area contributed by atoms with Crippen molar-refractivity contribution in [2.24, 2.45) is 0 Å².